The van der Waals surface area contributed by atoms with E-state index in [1.165, 1.54) is 0 Å². The number of hydrogen-bond donors (Lipinski definition) is 1. The fourth-order valence-electron chi connectivity index (χ4n) is 5.50. The molecule has 2 bridgehead atoms. The van der Waals surface area contributed by atoms with Crippen molar-refractivity contribution >= 4 is 43.0 Å². The SMILES string of the molecule is CC1(C)[C@@H]2CC[C@@]1(C)[C@@H](OP(=O)(O)OC1=Cc3c(Cl)cccc3Sc3ccccc31)C2. The summed E-state index contributed by atoms with van der Waals surface area (Å²) in [5.74, 6) is 0.802. The molecule has 31 heavy (non-hydrogen) atoms. The highest BCUT2D eigenvalue weighted by Gasteiger charge is 2.63. The average molecular weight is 477 g/mol. The summed E-state index contributed by atoms with van der Waals surface area (Å²) in [6, 6.07) is 13.4. The molecule has 0 spiro atoms. The fraction of sp³-hybridized carbons (Fsp3) is 0.417. The number of rotatable bonds is 4. The Kier molecular flexibility index (Phi) is 5.16. The van der Waals surface area contributed by atoms with Crippen LogP contribution in [0, 0.1) is 16.7 Å². The van der Waals surface area contributed by atoms with Crippen LogP contribution in [0.5, 0.6) is 0 Å². The van der Waals surface area contributed by atoms with Crippen molar-refractivity contribution in [1.29, 1.82) is 0 Å². The van der Waals surface area contributed by atoms with E-state index in [2.05, 4.69) is 20.8 Å². The molecule has 4 nitrogen and oxygen atoms in total. The van der Waals surface area contributed by atoms with Crippen molar-refractivity contribution in [3.05, 3.63) is 58.6 Å². The molecule has 2 saturated carbocycles. The van der Waals surface area contributed by atoms with Gasteiger partial charge in [0.1, 0.15) is 5.76 Å². The molecule has 2 aromatic carbocycles. The minimum atomic E-state index is -4.36. The zero-order chi connectivity index (χ0) is 22.0. The summed E-state index contributed by atoms with van der Waals surface area (Å²) in [5, 5.41) is 0.565. The van der Waals surface area contributed by atoms with Gasteiger partial charge in [-0.25, -0.2) is 4.57 Å². The lowest BCUT2D eigenvalue weighted by Gasteiger charge is -2.39. The highest BCUT2D eigenvalue weighted by molar-refractivity contribution is 7.99. The van der Waals surface area contributed by atoms with Gasteiger partial charge in [0.2, 0.25) is 0 Å². The van der Waals surface area contributed by atoms with Gasteiger partial charge in [-0.3, -0.25) is 9.42 Å². The third-order valence-corrected chi connectivity index (χ3v) is 10.3. The topological polar surface area (TPSA) is 55.8 Å². The Bertz CT molecular complexity index is 1130. The van der Waals surface area contributed by atoms with Crippen molar-refractivity contribution in [2.45, 2.75) is 55.9 Å². The maximum Gasteiger partial charge on any atom is 0.527 e. The molecule has 2 aliphatic carbocycles. The Labute approximate surface area is 192 Å². The molecule has 5 rings (SSSR count). The quantitative estimate of drug-likeness (QED) is 0.459. The van der Waals surface area contributed by atoms with E-state index in [0.717, 1.165) is 40.2 Å². The third-order valence-electron chi connectivity index (χ3n) is 7.85. The number of hydrogen-bond acceptors (Lipinski definition) is 4. The van der Waals surface area contributed by atoms with Gasteiger partial charge < -0.3 is 4.52 Å². The first kappa shape index (κ1) is 21.6. The number of benzene rings is 2. The van der Waals surface area contributed by atoms with E-state index in [4.69, 9.17) is 20.6 Å². The van der Waals surface area contributed by atoms with Crippen molar-refractivity contribution in [2.75, 3.05) is 0 Å². The van der Waals surface area contributed by atoms with Crippen LogP contribution in [0.15, 0.2) is 52.3 Å². The van der Waals surface area contributed by atoms with Gasteiger partial charge in [-0.2, -0.15) is 0 Å². The van der Waals surface area contributed by atoms with Gasteiger partial charge in [-0.15, -0.1) is 0 Å². The molecule has 3 aliphatic rings. The van der Waals surface area contributed by atoms with Gasteiger partial charge in [0.15, 0.2) is 0 Å². The predicted molar refractivity (Wildman–Crippen MR) is 125 cm³/mol. The summed E-state index contributed by atoms with van der Waals surface area (Å²) in [6.07, 6.45) is 4.38. The van der Waals surface area contributed by atoms with Gasteiger partial charge >= 0.3 is 7.82 Å². The second-order valence-corrected chi connectivity index (χ2v) is 12.3. The second kappa shape index (κ2) is 7.40. The van der Waals surface area contributed by atoms with Crippen LogP contribution in [-0.2, 0) is 13.6 Å². The Balaban J connectivity index is 1.48. The van der Waals surface area contributed by atoms with E-state index in [9.17, 15) is 9.46 Å². The van der Waals surface area contributed by atoms with Crippen LogP contribution in [0.25, 0.3) is 11.8 Å². The maximum atomic E-state index is 13.2. The molecule has 0 aromatic heterocycles. The molecule has 164 valence electrons. The normalized spacial score (nSPS) is 30.0. The zero-order valence-electron chi connectivity index (χ0n) is 17.8. The lowest BCUT2D eigenvalue weighted by molar-refractivity contribution is 0.0107. The molecule has 2 fully saturated rings. The summed E-state index contributed by atoms with van der Waals surface area (Å²) in [7, 11) is -4.36. The van der Waals surface area contributed by atoms with Gasteiger partial charge in [-0.05, 0) is 60.3 Å². The number of fused-ring (bicyclic) bond motifs is 4. The first-order valence-electron chi connectivity index (χ1n) is 10.6. The lowest BCUT2D eigenvalue weighted by Crippen LogP contribution is -2.36. The van der Waals surface area contributed by atoms with Crippen LogP contribution in [0.2, 0.25) is 5.02 Å². The summed E-state index contributed by atoms with van der Waals surface area (Å²) < 4.78 is 24.8. The van der Waals surface area contributed by atoms with E-state index in [-0.39, 0.29) is 16.9 Å². The monoisotopic (exact) mass is 476 g/mol. The maximum absolute atomic E-state index is 13.2. The minimum absolute atomic E-state index is 0.0783. The number of phosphoric acid groups is 1. The van der Waals surface area contributed by atoms with Crippen LogP contribution in [-0.4, -0.2) is 11.0 Å². The molecular formula is C24H26ClO4PS. The first-order chi connectivity index (χ1) is 14.6. The minimum Gasteiger partial charge on any atom is -0.403 e. The molecular weight excluding hydrogens is 451 g/mol. The van der Waals surface area contributed by atoms with Crippen molar-refractivity contribution in [2.24, 2.45) is 16.7 Å². The van der Waals surface area contributed by atoms with E-state index in [1.807, 2.05) is 36.4 Å². The van der Waals surface area contributed by atoms with Crippen molar-refractivity contribution in [1.82, 2.24) is 0 Å². The molecule has 1 N–H and O–H groups in total. The van der Waals surface area contributed by atoms with E-state index in [0.29, 0.717) is 16.7 Å². The van der Waals surface area contributed by atoms with Crippen molar-refractivity contribution in [3.8, 4) is 0 Å². The lowest BCUT2D eigenvalue weighted by atomic mass is 9.70. The van der Waals surface area contributed by atoms with Crippen LogP contribution in [0.3, 0.4) is 0 Å². The smallest absolute Gasteiger partial charge is 0.403 e. The zero-order valence-corrected chi connectivity index (χ0v) is 20.3. The van der Waals surface area contributed by atoms with Crippen molar-refractivity contribution in [3.63, 3.8) is 0 Å². The molecule has 0 saturated heterocycles. The number of halogens is 1. The molecule has 2 aromatic rings. The first-order valence-corrected chi connectivity index (χ1v) is 13.3. The van der Waals surface area contributed by atoms with Gasteiger partial charge in [-0.1, -0.05) is 68.4 Å². The van der Waals surface area contributed by atoms with Crippen LogP contribution in [0.4, 0.5) is 0 Å². The Hall–Kier alpha value is -1.23. The van der Waals surface area contributed by atoms with Crippen molar-refractivity contribution < 1.29 is 18.5 Å². The highest BCUT2D eigenvalue weighted by Crippen LogP contribution is 2.69. The molecule has 0 radical (unpaired) electrons. The summed E-state index contributed by atoms with van der Waals surface area (Å²) >= 11 is 8.01. The summed E-state index contributed by atoms with van der Waals surface area (Å²) in [5.41, 5.74) is 1.46. The summed E-state index contributed by atoms with van der Waals surface area (Å²) in [4.78, 5) is 12.7. The molecule has 0 amide bonds. The van der Waals surface area contributed by atoms with Gasteiger partial charge in [0, 0.05) is 25.9 Å². The van der Waals surface area contributed by atoms with Gasteiger partial charge in [0.05, 0.1) is 6.10 Å². The van der Waals surface area contributed by atoms with Gasteiger partial charge in [0.25, 0.3) is 0 Å². The molecule has 7 heteroatoms. The van der Waals surface area contributed by atoms with E-state index < -0.39 is 7.82 Å². The molecule has 4 atom stereocenters. The summed E-state index contributed by atoms with van der Waals surface area (Å²) in [6.45, 7) is 6.67. The average Bonchev–Trinajstić information content (AvgIpc) is 2.95. The third kappa shape index (κ3) is 3.50. The molecule has 1 heterocycles. The Morgan fingerprint density at radius 2 is 1.87 bits per heavy atom. The standard InChI is InChI=1S/C24H26ClO4PS/c1-23(2)15-11-12-24(23,3)22(13-15)29-30(26,27)28-19-14-17-18(25)8-6-10-21(17)31-20-9-5-4-7-16(19)20/h4-10,14-15,22H,11-13H2,1-3H3,(H,26,27)/t15-,22+,24+/m1/s1. The van der Waals surface area contributed by atoms with Crippen LogP contribution >= 0.6 is 31.2 Å². The van der Waals surface area contributed by atoms with Crippen LogP contribution in [0.1, 0.15) is 51.2 Å². The molecule has 1 aliphatic heterocycles. The molecule has 1 unspecified atom stereocenters. The Morgan fingerprint density at radius 1 is 1.13 bits per heavy atom. The van der Waals surface area contributed by atoms with E-state index >= 15 is 0 Å². The second-order valence-electron chi connectivity index (χ2n) is 9.52. The highest BCUT2D eigenvalue weighted by atomic mass is 35.5. The van der Waals surface area contributed by atoms with Crippen LogP contribution < -0.4 is 0 Å². The predicted octanol–water partition coefficient (Wildman–Crippen LogP) is 7.65. The largest absolute Gasteiger partial charge is 0.527 e. The van der Waals surface area contributed by atoms with E-state index in [1.54, 1.807) is 23.9 Å². The Morgan fingerprint density at radius 3 is 2.58 bits per heavy atom. The number of phosphoric ester groups is 1. The fourth-order valence-corrected chi connectivity index (χ4v) is 7.96.